The first-order valence-corrected chi connectivity index (χ1v) is 10.4. The van der Waals surface area contributed by atoms with Crippen LogP contribution in [0.3, 0.4) is 0 Å². The van der Waals surface area contributed by atoms with Crippen LogP contribution in [0, 0.1) is 11.3 Å². The van der Waals surface area contributed by atoms with Gasteiger partial charge in [-0.1, -0.05) is 53.5 Å². The number of carbonyl (C=O) groups excluding carboxylic acids is 2. The third-order valence-corrected chi connectivity index (χ3v) is 5.05. The van der Waals surface area contributed by atoms with Crippen molar-refractivity contribution in [2.75, 3.05) is 12.4 Å². The first-order valence-electron chi connectivity index (χ1n) is 9.68. The number of hydrogen-bond donors (Lipinski definition) is 1. The summed E-state index contributed by atoms with van der Waals surface area (Å²) in [5.74, 6) is -0.802. The molecule has 0 aromatic heterocycles. The van der Waals surface area contributed by atoms with Gasteiger partial charge < -0.3 is 14.8 Å². The van der Waals surface area contributed by atoms with Gasteiger partial charge in [-0.15, -0.1) is 0 Å². The van der Waals surface area contributed by atoms with Gasteiger partial charge >= 0.3 is 5.97 Å². The Morgan fingerprint density at radius 3 is 2.24 bits per heavy atom. The van der Waals surface area contributed by atoms with E-state index in [0.717, 1.165) is 5.56 Å². The van der Waals surface area contributed by atoms with Crippen molar-refractivity contribution in [2.24, 2.45) is 0 Å². The number of nitriles is 1. The molecule has 0 saturated heterocycles. The molecule has 0 unspecified atom stereocenters. The van der Waals surface area contributed by atoms with Gasteiger partial charge in [0.1, 0.15) is 18.2 Å². The van der Waals surface area contributed by atoms with Crippen LogP contribution in [0.4, 0.5) is 5.69 Å². The summed E-state index contributed by atoms with van der Waals surface area (Å²) in [6.45, 7) is 0.288. The quantitative estimate of drug-likeness (QED) is 0.258. The van der Waals surface area contributed by atoms with E-state index in [2.05, 4.69) is 10.1 Å². The van der Waals surface area contributed by atoms with Crippen molar-refractivity contribution < 1.29 is 19.1 Å². The molecule has 8 heteroatoms. The van der Waals surface area contributed by atoms with Gasteiger partial charge in [-0.05, 0) is 53.6 Å². The van der Waals surface area contributed by atoms with Crippen LogP contribution in [0.15, 0.2) is 72.3 Å². The number of ether oxygens (including phenoxy) is 2. The monoisotopic (exact) mass is 480 g/mol. The fourth-order valence-corrected chi connectivity index (χ4v) is 3.46. The molecule has 1 N–H and O–H groups in total. The van der Waals surface area contributed by atoms with Crippen molar-refractivity contribution in [1.82, 2.24) is 0 Å². The van der Waals surface area contributed by atoms with Crippen LogP contribution in [-0.4, -0.2) is 19.0 Å². The minimum atomic E-state index is -0.625. The Morgan fingerprint density at radius 2 is 1.67 bits per heavy atom. The Balaban J connectivity index is 1.74. The molecule has 0 aliphatic rings. The molecule has 0 bridgehead atoms. The Hall–Kier alpha value is -3.79. The largest absolute Gasteiger partial charge is 0.486 e. The summed E-state index contributed by atoms with van der Waals surface area (Å²) in [7, 11) is 1.28. The van der Waals surface area contributed by atoms with E-state index in [-0.39, 0.29) is 22.2 Å². The zero-order valence-corrected chi connectivity index (χ0v) is 19.0. The number of esters is 1. The number of methoxy groups -OCH3 is 1. The highest BCUT2D eigenvalue weighted by molar-refractivity contribution is 6.37. The molecular formula is C25H18Cl2N2O4. The highest BCUT2D eigenvalue weighted by Crippen LogP contribution is 2.35. The molecule has 0 aliphatic heterocycles. The molecule has 0 saturated carbocycles. The molecule has 33 heavy (non-hydrogen) atoms. The van der Waals surface area contributed by atoms with Crippen LogP contribution in [0.5, 0.6) is 5.75 Å². The maximum atomic E-state index is 12.5. The zero-order valence-electron chi connectivity index (χ0n) is 17.5. The molecule has 0 fully saturated rings. The number of rotatable bonds is 7. The standard InChI is InChI=1S/C25H18Cl2N2O4/c1-32-25(31)18-7-9-20(10-8-18)29-24(30)19(14-28)11-17-12-21(26)23(22(27)13-17)33-15-16-5-3-2-4-6-16/h2-13H,15H2,1H3,(H,29,30)/b19-11+. The van der Waals surface area contributed by atoms with Crippen LogP contribution < -0.4 is 10.1 Å². The predicted molar refractivity (Wildman–Crippen MR) is 127 cm³/mol. The summed E-state index contributed by atoms with van der Waals surface area (Å²) in [6.07, 6.45) is 1.37. The van der Waals surface area contributed by atoms with Gasteiger partial charge in [0.25, 0.3) is 5.91 Å². The molecule has 0 aliphatic carbocycles. The Bertz CT molecular complexity index is 1210. The zero-order chi connectivity index (χ0) is 23.8. The predicted octanol–water partition coefficient (Wildman–Crippen LogP) is 5.90. The Labute approximate surface area is 201 Å². The molecule has 3 aromatic carbocycles. The number of carbonyl (C=O) groups is 2. The van der Waals surface area contributed by atoms with Crippen LogP contribution in [0.25, 0.3) is 6.08 Å². The van der Waals surface area contributed by atoms with Crippen molar-refractivity contribution in [2.45, 2.75) is 6.61 Å². The SMILES string of the molecule is COC(=O)c1ccc(NC(=O)/C(C#N)=C/c2cc(Cl)c(OCc3ccccc3)c(Cl)c2)cc1. The second kappa shape index (κ2) is 11.2. The minimum Gasteiger partial charge on any atom is -0.486 e. The van der Waals surface area contributed by atoms with Crippen LogP contribution >= 0.6 is 23.2 Å². The van der Waals surface area contributed by atoms with E-state index in [9.17, 15) is 14.9 Å². The van der Waals surface area contributed by atoms with E-state index in [0.29, 0.717) is 22.6 Å². The van der Waals surface area contributed by atoms with Crippen molar-refractivity contribution in [1.29, 1.82) is 5.26 Å². The Kier molecular flexibility index (Phi) is 8.09. The van der Waals surface area contributed by atoms with Crippen LogP contribution in [-0.2, 0) is 16.1 Å². The van der Waals surface area contributed by atoms with Crippen molar-refractivity contribution in [3.8, 4) is 11.8 Å². The van der Waals surface area contributed by atoms with Crippen LogP contribution in [0.1, 0.15) is 21.5 Å². The van der Waals surface area contributed by atoms with E-state index in [1.807, 2.05) is 36.4 Å². The third kappa shape index (κ3) is 6.36. The van der Waals surface area contributed by atoms with E-state index in [1.54, 1.807) is 12.1 Å². The highest BCUT2D eigenvalue weighted by atomic mass is 35.5. The second-order valence-electron chi connectivity index (χ2n) is 6.78. The lowest BCUT2D eigenvalue weighted by atomic mass is 10.1. The van der Waals surface area contributed by atoms with Gasteiger partial charge in [-0.25, -0.2) is 4.79 Å². The molecule has 3 aromatic rings. The summed E-state index contributed by atoms with van der Waals surface area (Å²) in [4.78, 5) is 24.0. The van der Waals surface area contributed by atoms with Gasteiger partial charge in [0, 0.05) is 5.69 Å². The number of benzene rings is 3. The fourth-order valence-electron chi connectivity index (χ4n) is 2.85. The summed E-state index contributed by atoms with van der Waals surface area (Å²) >= 11 is 12.7. The van der Waals surface area contributed by atoms with E-state index < -0.39 is 11.9 Å². The molecule has 0 atom stereocenters. The maximum Gasteiger partial charge on any atom is 0.337 e. The molecule has 166 valence electrons. The van der Waals surface area contributed by atoms with Gasteiger partial charge in [0.2, 0.25) is 0 Å². The minimum absolute atomic E-state index is 0.155. The molecule has 0 spiro atoms. The number of anilines is 1. The normalized spacial score (nSPS) is 10.8. The summed E-state index contributed by atoms with van der Waals surface area (Å²) < 4.78 is 10.4. The van der Waals surface area contributed by atoms with E-state index >= 15 is 0 Å². The van der Waals surface area contributed by atoms with Crippen molar-refractivity contribution >= 4 is 46.8 Å². The van der Waals surface area contributed by atoms with Crippen molar-refractivity contribution in [3.05, 3.63) is 99.0 Å². The number of halogens is 2. The van der Waals surface area contributed by atoms with E-state index in [4.69, 9.17) is 27.9 Å². The number of amides is 1. The topological polar surface area (TPSA) is 88.4 Å². The number of nitrogens with zero attached hydrogens (tertiary/aromatic N) is 1. The first-order chi connectivity index (χ1) is 15.9. The van der Waals surface area contributed by atoms with Gasteiger partial charge in [-0.2, -0.15) is 5.26 Å². The summed E-state index contributed by atoms with van der Waals surface area (Å²) in [6, 6.07) is 20.6. The summed E-state index contributed by atoms with van der Waals surface area (Å²) in [5.41, 5.74) is 2.01. The lowest BCUT2D eigenvalue weighted by Crippen LogP contribution is -2.13. The van der Waals surface area contributed by atoms with Gasteiger partial charge in [0.05, 0.1) is 22.7 Å². The second-order valence-corrected chi connectivity index (χ2v) is 7.60. The fraction of sp³-hybridized carbons (Fsp3) is 0.0800. The molecule has 0 radical (unpaired) electrons. The molecule has 3 rings (SSSR count). The first kappa shape index (κ1) is 23.9. The lowest BCUT2D eigenvalue weighted by Gasteiger charge is -2.11. The van der Waals surface area contributed by atoms with Gasteiger partial charge in [-0.3, -0.25) is 4.79 Å². The highest BCUT2D eigenvalue weighted by Gasteiger charge is 2.14. The Morgan fingerprint density at radius 1 is 1.03 bits per heavy atom. The lowest BCUT2D eigenvalue weighted by molar-refractivity contribution is -0.112. The molecule has 6 nitrogen and oxygen atoms in total. The molecule has 1 amide bonds. The smallest absolute Gasteiger partial charge is 0.337 e. The average Bonchev–Trinajstić information content (AvgIpc) is 2.82. The number of hydrogen-bond acceptors (Lipinski definition) is 5. The average molecular weight is 481 g/mol. The summed E-state index contributed by atoms with van der Waals surface area (Å²) in [5, 5.41) is 12.6. The van der Waals surface area contributed by atoms with Crippen LogP contribution in [0.2, 0.25) is 10.0 Å². The maximum absolute atomic E-state index is 12.5. The number of nitrogens with one attached hydrogen (secondary N) is 1. The van der Waals surface area contributed by atoms with Gasteiger partial charge in [0.15, 0.2) is 5.75 Å². The third-order valence-electron chi connectivity index (χ3n) is 4.49. The van der Waals surface area contributed by atoms with Crippen molar-refractivity contribution in [3.63, 3.8) is 0 Å². The molecule has 0 heterocycles. The van der Waals surface area contributed by atoms with E-state index in [1.165, 1.54) is 37.5 Å². The molecular weight excluding hydrogens is 463 g/mol.